The van der Waals surface area contributed by atoms with Gasteiger partial charge in [-0.15, -0.1) is 0 Å². The average Bonchev–Trinajstić information content (AvgIpc) is 2.18. The van der Waals surface area contributed by atoms with Crippen LogP contribution < -0.4 is 0 Å². The van der Waals surface area contributed by atoms with Gasteiger partial charge in [-0.25, -0.2) is 0 Å². The lowest BCUT2D eigenvalue weighted by atomic mass is 9.79. The van der Waals surface area contributed by atoms with E-state index in [0.29, 0.717) is 18.0 Å². The highest BCUT2D eigenvalue weighted by Crippen LogP contribution is 2.32. The molecule has 0 spiro atoms. The van der Waals surface area contributed by atoms with Gasteiger partial charge in [-0.05, 0) is 38.5 Å². The normalized spacial score (nSPS) is 31.0. The third-order valence-electron chi connectivity index (χ3n) is 3.82. The second-order valence-electron chi connectivity index (χ2n) is 5.62. The SMILES string of the molecule is CC1CCC(C)C(N(CC(=O)O)C(C)C)C1. The first-order chi connectivity index (χ1) is 7.41. The van der Waals surface area contributed by atoms with Crippen molar-refractivity contribution in [3.63, 3.8) is 0 Å². The Balaban J connectivity index is 2.71. The van der Waals surface area contributed by atoms with Gasteiger partial charge in [0, 0.05) is 12.1 Å². The summed E-state index contributed by atoms with van der Waals surface area (Å²) in [5.74, 6) is 0.647. The van der Waals surface area contributed by atoms with E-state index in [1.54, 1.807) is 0 Å². The predicted molar refractivity (Wildman–Crippen MR) is 65.4 cm³/mol. The molecule has 0 radical (unpaired) electrons. The Morgan fingerprint density at radius 3 is 2.50 bits per heavy atom. The van der Waals surface area contributed by atoms with Crippen molar-refractivity contribution >= 4 is 5.97 Å². The van der Waals surface area contributed by atoms with Crippen LogP contribution in [-0.2, 0) is 4.79 Å². The third-order valence-corrected chi connectivity index (χ3v) is 3.82. The average molecular weight is 227 g/mol. The van der Waals surface area contributed by atoms with Crippen molar-refractivity contribution in [2.75, 3.05) is 6.54 Å². The molecule has 0 aromatic carbocycles. The van der Waals surface area contributed by atoms with Crippen LogP contribution >= 0.6 is 0 Å². The Morgan fingerprint density at radius 1 is 1.38 bits per heavy atom. The number of carbonyl (C=O) groups is 1. The van der Waals surface area contributed by atoms with Crippen LogP contribution in [0.4, 0.5) is 0 Å². The fraction of sp³-hybridized carbons (Fsp3) is 0.923. The van der Waals surface area contributed by atoms with Crippen molar-refractivity contribution in [3.8, 4) is 0 Å². The van der Waals surface area contributed by atoms with Crippen LogP contribution in [0, 0.1) is 11.8 Å². The zero-order valence-electron chi connectivity index (χ0n) is 10.9. The van der Waals surface area contributed by atoms with Crippen molar-refractivity contribution in [1.29, 1.82) is 0 Å². The van der Waals surface area contributed by atoms with Crippen LogP contribution in [0.1, 0.15) is 47.0 Å². The molecule has 0 heterocycles. The molecule has 0 aromatic heterocycles. The van der Waals surface area contributed by atoms with Gasteiger partial charge in [-0.1, -0.05) is 20.3 Å². The first kappa shape index (κ1) is 13.5. The van der Waals surface area contributed by atoms with Crippen LogP contribution in [0.3, 0.4) is 0 Å². The van der Waals surface area contributed by atoms with E-state index in [4.69, 9.17) is 5.11 Å². The maximum Gasteiger partial charge on any atom is 0.317 e. The molecule has 1 saturated carbocycles. The number of hydrogen-bond acceptors (Lipinski definition) is 2. The quantitative estimate of drug-likeness (QED) is 0.802. The van der Waals surface area contributed by atoms with Crippen molar-refractivity contribution in [2.45, 2.75) is 59.0 Å². The maximum atomic E-state index is 10.9. The lowest BCUT2D eigenvalue weighted by molar-refractivity contribution is -0.140. The smallest absolute Gasteiger partial charge is 0.317 e. The number of carboxylic acid groups (broad SMARTS) is 1. The molecule has 1 fully saturated rings. The highest BCUT2D eigenvalue weighted by Gasteiger charge is 2.32. The molecule has 16 heavy (non-hydrogen) atoms. The monoisotopic (exact) mass is 227 g/mol. The van der Waals surface area contributed by atoms with Crippen LogP contribution in [-0.4, -0.2) is 34.6 Å². The van der Waals surface area contributed by atoms with E-state index in [9.17, 15) is 4.79 Å². The Bertz CT molecular complexity index is 240. The van der Waals surface area contributed by atoms with Crippen LogP contribution in [0.25, 0.3) is 0 Å². The van der Waals surface area contributed by atoms with Gasteiger partial charge in [0.05, 0.1) is 6.54 Å². The Morgan fingerprint density at radius 2 is 2.00 bits per heavy atom. The summed E-state index contributed by atoms with van der Waals surface area (Å²) < 4.78 is 0. The summed E-state index contributed by atoms with van der Waals surface area (Å²) in [4.78, 5) is 13.1. The number of rotatable bonds is 4. The first-order valence-corrected chi connectivity index (χ1v) is 6.39. The molecule has 1 N–H and O–H groups in total. The molecule has 0 amide bonds. The van der Waals surface area contributed by atoms with Crippen molar-refractivity contribution < 1.29 is 9.90 Å². The molecule has 0 aliphatic heterocycles. The van der Waals surface area contributed by atoms with E-state index in [1.165, 1.54) is 12.8 Å². The van der Waals surface area contributed by atoms with Gasteiger partial charge < -0.3 is 5.11 Å². The summed E-state index contributed by atoms with van der Waals surface area (Å²) >= 11 is 0. The zero-order chi connectivity index (χ0) is 12.3. The summed E-state index contributed by atoms with van der Waals surface area (Å²) in [7, 11) is 0. The molecule has 3 unspecified atom stereocenters. The topological polar surface area (TPSA) is 40.5 Å². The summed E-state index contributed by atoms with van der Waals surface area (Å²) in [6.45, 7) is 8.90. The second kappa shape index (κ2) is 5.67. The predicted octanol–water partition coefficient (Wildman–Crippen LogP) is 2.61. The maximum absolute atomic E-state index is 10.9. The van der Waals surface area contributed by atoms with Crippen LogP contribution in [0.15, 0.2) is 0 Å². The van der Waals surface area contributed by atoms with Gasteiger partial charge >= 0.3 is 5.97 Å². The standard InChI is InChI=1S/C13H25NO2/c1-9(2)14(8-13(15)16)12-7-10(3)5-6-11(12)4/h9-12H,5-8H2,1-4H3,(H,15,16). The van der Waals surface area contributed by atoms with Gasteiger partial charge in [0.2, 0.25) is 0 Å². The molecule has 3 nitrogen and oxygen atoms in total. The minimum absolute atomic E-state index is 0.180. The van der Waals surface area contributed by atoms with Gasteiger partial charge in [-0.2, -0.15) is 0 Å². The van der Waals surface area contributed by atoms with E-state index in [1.807, 2.05) is 0 Å². The van der Waals surface area contributed by atoms with Gasteiger partial charge in [0.15, 0.2) is 0 Å². The lowest BCUT2D eigenvalue weighted by Gasteiger charge is -2.42. The van der Waals surface area contributed by atoms with Crippen molar-refractivity contribution in [1.82, 2.24) is 4.90 Å². The third kappa shape index (κ3) is 3.48. The largest absolute Gasteiger partial charge is 0.480 e. The van der Waals surface area contributed by atoms with E-state index in [2.05, 4.69) is 32.6 Å². The Labute approximate surface area is 98.8 Å². The Kier molecular flexibility index (Phi) is 4.78. The molecule has 0 saturated heterocycles. The minimum Gasteiger partial charge on any atom is -0.480 e. The summed E-state index contributed by atoms with van der Waals surface area (Å²) in [6.07, 6.45) is 3.66. The summed E-state index contributed by atoms with van der Waals surface area (Å²) in [5, 5.41) is 8.97. The molecule has 3 heteroatoms. The fourth-order valence-corrected chi connectivity index (χ4v) is 2.80. The van der Waals surface area contributed by atoms with Crippen molar-refractivity contribution in [3.05, 3.63) is 0 Å². The van der Waals surface area contributed by atoms with E-state index >= 15 is 0 Å². The zero-order valence-corrected chi connectivity index (χ0v) is 10.9. The molecule has 94 valence electrons. The van der Waals surface area contributed by atoms with Gasteiger partial charge in [0.25, 0.3) is 0 Å². The van der Waals surface area contributed by atoms with E-state index in [0.717, 1.165) is 12.3 Å². The van der Waals surface area contributed by atoms with Crippen molar-refractivity contribution in [2.24, 2.45) is 11.8 Å². The molecule has 0 bridgehead atoms. The second-order valence-corrected chi connectivity index (χ2v) is 5.62. The number of carboxylic acids is 1. The van der Waals surface area contributed by atoms with Gasteiger partial charge in [-0.3, -0.25) is 9.69 Å². The summed E-state index contributed by atoms with van der Waals surface area (Å²) in [6, 6.07) is 0.758. The molecule has 1 aliphatic carbocycles. The minimum atomic E-state index is -0.709. The number of aliphatic carboxylic acids is 1. The van der Waals surface area contributed by atoms with Gasteiger partial charge in [0.1, 0.15) is 0 Å². The molecule has 3 atom stereocenters. The first-order valence-electron chi connectivity index (χ1n) is 6.39. The number of nitrogens with zero attached hydrogens (tertiary/aromatic N) is 1. The summed E-state index contributed by atoms with van der Waals surface area (Å²) in [5.41, 5.74) is 0. The van der Waals surface area contributed by atoms with E-state index in [-0.39, 0.29) is 6.54 Å². The molecule has 1 aliphatic rings. The number of hydrogen-bond donors (Lipinski definition) is 1. The highest BCUT2D eigenvalue weighted by atomic mass is 16.4. The molecular formula is C13H25NO2. The molecular weight excluding hydrogens is 202 g/mol. The molecule has 0 aromatic rings. The van der Waals surface area contributed by atoms with E-state index < -0.39 is 5.97 Å². The fourth-order valence-electron chi connectivity index (χ4n) is 2.80. The Hall–Kier alpha value is -0.570. The van der Waals surface area contributed by atoms with Crippen LogP contribution in [0.5, 0.6) is 0 Å². The lowest BCUT2D eigenvalue weighted by Crippen LogP contribution is -2.48. The highest BCUT2D eigenvalue weighted by molar-refractivity contribution is 5.69. The molecule has 1 rings (SSSR count). The van der Waals surface area contributed by atoms with Crippen LogP contribution in [0.2, 0.25) is 0 Å².